The van der Waals surface area contributed by atoms with E-state index < -0.39 is 0 Å². The maximum Gasteiger partial charge on any atom is 0.197 e. The van der Waals surface area contributed by atoms with E-state index in [4.69, 9.17) is 20.8 Å². The number of rotatable bonds is 9. The Kier molecular flexibility index (Phi) is 7.02. The van der Waals surface area contributed by atoms with Crippen molar-refractivity contribution in [2.24, 2.45) is 0 Å². The van der Waals surface area contributed by atoms with Crippen LogP contribution in [-0.2, 0) is 0 Å². The van der Waals surface area contributed by atoms with Crippen LogP contribution in [0.1, 0.15) is 29.8 Å². The van der Waals surface area contributed by atoms with Gasteiger partial charge in [-0.2, -0.15) is 0 Å². The van der Waals surface area contributed by atoms with Crippen LogP contribution < -0.4 is 4.74 Å². The number of carbonyl (C=O) groups is 1. The number of ketones is 1. The van der Waals surface area contributed by atoms with Crippen molar-refractivity contribution in [3.63, 3.8) is 0 Å². The van der Waals surface area contributed by atoms with Crippen molar-refractivity contribution in [2.75, 3.05) is 26.2 Å². The Morgan fingerprint density at radius 1 is 1.00 bits per heavy atom. The standard InChI is InChI=1S/C27H26ClNO4/c1-3-29(4-2)15-16-32-22-12-7-19(8-13-22)27-25(23-17-20(28)9-14-24(23)33-27)26(31)18-5-10-21(30)11-6-18/h5-14,17,30H,3-4,15-16H2,1-2H3. The molecule has 5 nitrogen and oxygen atoms in total. The highest BCUT2D eigenvalue weighted by Gasteiger charge is 2.23. The number of phenols is 1. The Hall–Kier alpha value is -3.28. The average Bonchev–Trinajstić information content (AvgIpc) is 3.21. The maximum atomic E-state index is 13.5. The molecule has 0 aliphatic rings. The largest absolute Gasteiger partial charge is 0.508 e. The zero-order chi connectivity index (χ0) is 23.4. The molecule has 0 unspecified atom stereocenters. The van der Waals surface area contributed by atoms with Crippen LogP contribution in [0.25, 0.3) is 22.3 Å². The number of likely N-dealkylation sites (N-methyl/N-ethyl adjacent to an activating group) is 1. The Morgan fingerprint density at radius 2 is 1.70 bits per heavy atom. The molecule has 1 heterocycles. The van der Waals surface area contributed by atoms with Gasteiger partial charge in [0.1, 0.15) is 29.4 Å². The molecule has 170 valence electrons. The van der Waals surface area contributed by atoms with Crippen molar-refractivity contribution in [2.45, 2.75) is 13.8 Å². The monoisotopic (exact) mass is 463 g/mol. The van der Waals surface area contributed by atoms with Gasteiger partial charge in [0, 0.05) is 28.1 Å². The molecule has 3 aromatic carbocycles. The minimum absolute atomic E-state index is 0.100. The van der Waals surface area contributed by atoms with E-state index in [1.165, 1.54) is 12.1 Å². The lowest BCUT2D eigenvalue weighted by molar-refractivity contribution is 0.104. The first-order valence-electron chi connectivity index (χ1n) is 11.0. The number of hydrogen-bond donors (Lipinski definition) is 1. The second kappa shape index (κ2) is 10.1. The van der Waals surface area contributed by atoms with Crippen LogP contribution in [0.3, 0.4) is 0 Å². The van der Waals surface area contributed by atoms with Gasteiger partial charge in [0.15, 0.2) is 5.78 Å². The summed E-state index contributed by atoms with van der Waals surface area (Å²) in [5, 5.41) is 10.8. The molecule has 4 aromatic rings. The van der Waals surface area contributed by atoms with Crippen LogP contribution >= 0.6 is 11.6 Å². The number of carbonyl (C=O) groups excluding carboxylic acids is 1. The van der Waals surface area contributed by atoms with Gasteiger partial charge in [0.05, 0.1) is 5.56 Å². The number of nitrogens with zero attached hydrogens (tertiary/aromatic N) is 1. The van der Waals surface area contributed by atoms with E-state index in [-0.39, 0.29) is 11.5 Å². The van der Waals surface area contributed by atoms with Crippen molar-refractivity contribution in [1.82, 2.24) is 4.90 Å². The molecule has 0 saturated carbocycles. The number of phenolic OH excluding ortho intramolecular Hbond substituents is 1. The molecule has 0 bridgehead atoms. The fraction of sp³-hybridized carbons (Fsp3) is 0.222. The number of fused-ring (bicyclic) bond motifs is 1. The van der Waals surface area contributed by atoms with E-state index in [1.807, 2.05) is 24.3 Å². The highest BCUT2D eigenvalue weighted by atomic mass is 35.5. The van der Waals surface area contributed by atoms with Crippen LogP contribution in [0.2, 0.25) is 5.02 Å². The zero-order valence-electron chi connectivity index (χ0n) is 18.7. The molecular weight excluding hydrogens is 438 g/mol. The molecule has 4 rings (SSSR count). The second-order valence-corrected chi connectivity index (χ2v) is 8.16. The Bertz CT molecular complexity index is 1240. The van der Waals surface area contributed by atoms with E-state index in [0.29, 0.717) is 39.5 Å². The van der Waals surface area contributed by atoms with Crippen LogP contribution in [0.4, 0.5) is 0 Å². The first-order chi connectivity index (χ1) is 16.0. The normalized spacial score (nSPS) is 11.3. The molecular formula is C27H26ClNO4. The minimum atomic E-state index is -0.203. The maximum absolute atomic E-state index is 13.5. The quantitative estimate of drug-likeness (QED) is 0.290. The van der Waals surface area contributed by atoms with Gasteiger partial charge in [-0.25, -0.2) is 0 Å². The summed E-state index contributed by atoms with van der Waals surface area (Å²) < 4.78 is 12.0. The molecule has 0 fully saturated rings. The van der Waals surface area contributed by atoms with Gasteiger partial charge in [0.2, 0.25) is 0 Å². The Labute approximate surface area is 198 Å². The second-order valence-electron chi connectivity index (χ2n) is 7.72. The molecule has 0 aliphatic carbocycles. The fourth-order valence-corrected chi connectivity index (χ4v) is 3.96. The fourth-order valence-electron chi connectivity index (χ4n) is 3.79. The molecule has 0 amide bonds. The van der Waals surface area contributed by atoms with Crippen LogP contribution in [-0.4, -0.2) is 42.0 Å². The zero-order valence-corrected chi connectivity index (χ0v) is 19.4. The van der Waals surface area contributed by atoms with E-state index in [1.54, 1.807) is 30.3 Å². The molecule has 6 heteroatoms. The summed E-state index contributed by atoms with van der Waals surface area (Å²) in [7, 11) is 0. The number of ether oxygens (including phenoxy) is 1. The van der Waals surface area contributed by atoms with Gasteiger partial charge in [-0.1, -0.05) is 25.4 Å². The lowest BCUT2D eigenvalue weighted by Crippen LogP contribution is -2.27. The molecule has 1 N–H and O–H groups in total. The third kappa shape index (κ3) is 5.05. The Balaban J connectivity index is 1.67. The summed E-state index contributed by atoms with van der Waals surface area (Å²) in [6, 6.07) is 19.0. The lowest BCUT2D eigenvalue weighted by Gasteiger charge is -2.18. The van der Waals surface area contributed by atoms with Crippen molar-refractivity contribution in [1.29, 1.82) is 0 Å². The van der Waals surface area contributed by atoms with Crippen molar-refractivity contribution < 1.29 is 19.1 Å². The van der Waals surface area contributed by atoms with Crippen molar-refractivity contribution >= 4 is 28.4 Å². The van der Waals surface area contributed by atoms with Gasteiger partial charge in [-0.15, -0.1) is 0 Å². The predicted molar refractivity (Wildman–Crippen MR) is 131 cm³/mol. The summed E-state index contributed by atoms with van der Waals surface area (Å²) in [6.07, 6.45) is 0. The summed E-state index contributed by atoms with van der Waals surface area (Å²) in [4.78, 5) is 15.8. The minimum Gasteiger partial charge on any atom is -0.508 e. The van der Waals surface area contributed by atoms with Gasteiger partial charge < -0.3 is 19.2 Å². The third-order valence-corrected chi connectivity index (χ3v) is 5.93. The molecule has 0 atom stereocenters. The first kappa shape index (κ1) is 22.9. The summed E-state index contributed by atoms with van der Waals surface area (Å²) in [6.45, 7) is 7.73. The van der Waals surface area contributed by atoms with Gasteiger partial charge >= 0.3 is 0 Å². The van der Waals surface area contributed by atoms with Gasteiger partial charge in [-0.3, -0.25) is 4.79 Å². The first-order valence-corrected chi connectivity index (χ1v) is 11.4. The van der Waals surface area contributed by atoms with E-state index >= 15 is 0 Å². The third-order valence-electron chi connectivity index (χ3n) is 5.69. The van der Waals surface area contributed by atoms with Crippen LogP contribution in [0.15, 0.2) is 71.1 Å². The number of benzene rings is 3. The van der Waals surface area contributed by atoms with E-state index in [2.05, 4.69) is 18.7 Å². The van der Waals surface area contributed by atoms with Crippen LogP contribution in [0, 0.1) is 0 Å². The number of hydrogen-bond acceptors (Lipinski definition) is 5. The summed E-state index contributed by atoms with van der Waals surface area (Å²) in [5.74, 6) is 1.13. The molecule has 0 saturated heterocycles. The molecule has 33 heavy (non-hydrogen) atoms. The predicted octanol–water partition coefficient (Wildman–Crippen LogP) is 6.41. The van der Waals surface area contributed by atoms with Crippen molar-refractivity contribution in [3.8, 4) is 22.8 Å². The number of aromatic hydroxyl groups is 1. The summed E-state index contributed by atoms with van der Waals surface area (Å²) in [5.41, 5.74) is 2.23. The summed E-state index contributed by atoms with van der Waals surface area (Å²) >= 11 is 6.22. The van der Waals surface area contributed by atoms with Crippen LogP contribution in [0.5, 0.6) is 11.5 Å². The lowest BCUT2D eigenvalue weighted by atomic mass is 9.97. The van der Waals surface area contributed by atoms with Crippen molar-refractivity contribution in [3.05, 3.63) is 82.9 Å². The highest BCUT2D eigenvalue weighted by Crippen LogP contribution is 2.37. The smallest absolute Gasteiger partial charge is 0.197 e. The number of furan rings is 1. The molecule has 1 aromatic heterocycles. The highest BCUT2D eigenvalue weighted by molar-refractivity contribution is 6.32. The van der Waals surface area contributed by atoms with Gasteiger partial charge in [-0.05, 0) is 79.8 Å². The van der Waals surface area contributed by atoms with Gasteiger partial charge in [0.25, 0.3) is 0 Å². The average molecular weight is 464 g/mol. The van der Waals surface area contributed by atoms with E-state index in [0.717, 1.165) is 30.9 Å². The Morgan fingerprint density at radius 3 is 2.36 bits per heavy atom. The molecule has 0 radical (unpaired) electrons. The van der Waals surface area contributed by atoms with E-state index in [9.17, 15) is 9.90 Å². The SMILES string of the molecule is CCN(CC)CCOc1ccc(-c2oc3ccc(Cl)cc3c2C(=O)c2ccc(O)cc2)cc1. The molecule has 0 aliphatic heterocycles. The number of halogens is 1. The molecule has 0 spiro atoms. The topological polar surface area (TPSA) is 62.9 Å².